The zero-order valence-electron chi connectivity index (χ0n) is 13.9. The number of rotatable bonds is 6. The molecule has 2 aromatic rings. The average Bonchev–Trinajstić information content (AvgIpc) is 2.50. The number of benzene rings is 2. The van der Waals surface area contributed by atoms with E-state index in [0.29, 0.717) is 17.3 Å². The summed E-state index contributed by atoms with van der Waals surface area (Å²) in [6.07, 6.45) is 1.04. The highest BCUT2D eigenvalue weighted by Gasteiger charge is 2.09. The van der Waals surface area contributed by atoms with Crippen LogP contribution < -0.4 is 5.32 Å². The second-order valence-corrected chi connectivity index (χ2v) is 6.28. The van der Waals surface area contributed by atoms with Crippen LogP contribution >= 0.6 is 11.6 Å². The van der Waals surface area contributed by atoms with Crippen LogP contribution in [0.4, 0.5) is 5.69 Å². The van der Waals surface area contributed by atoms with Crippen LogP contribution in [0.15, 0.2) is 42.5 Å². The Morgan fingerprint density at radius 3 is 2.39 bits per heavy atom. The number of hydrogen-bond donors (Lipinski definition) is 1. The average molecular weight is 331 g/mol. The number of aryl methyl sites for hydroxylation is 2. The standard InChI is InChI=1S/C19H23ClN2O/c1-4-15-6-8-16(9-7-15)12-22(3)13-19(23)21-18-10-5-14(2)11-17(18)20/h5-11H,4,12-13H2,1-3H3,(H,21,23). The Labute approximate surface area is 143 Å². The molecule has 0 aliphatic carbocycles. The van der Waals surface area contributed by atoms with Gasteiger partial charge in [0.25, 0.3) is 0 Å². The number of halogens is 1. The predicted molar refractivity (Wildman–Crippen MR) is 97.0 cm³/mol. The minimum absolute atomic E-state index is 0.0663. The molecule has 122 valence electrons. The van der Waals surface area contributed by atoms with E-state index < -0.39 is 0 Å². The van der Waals surface area contributed by atoms with Gasteiger partial charge in [0.05, 0.1) is 17.3 Å². The molecule has 2 aromatic carbocycles. The van der Waals surface area contributed by atoms with Gasteiger partial charge in [-0.05, 0) is 49.2 Å². The highest BCUT2D eigenvalue weighted by Crippen LogP contribution is 2.22. The Morgan fingerprint density at radius 2 is 1.78 bits per heavy atom. The molecule has 1 amide bonds. The van der Waals surface area contributed by atoms with E-state index >= 15 is 0 Å². The minimum atomic E-state index is -0.0663. The van der Waals surface area contributed by atoms with E-state index in [2.05, 4.69) is 36.5 Å². The molecule has 0 spiro atoms. The van der Waals surface area contributed by atoms with E-state index in [0.717, 1.165) is 18.5 Å². The Kier molecular flexibility index (Phi) is 6.20. The number of nitrogens with one attached hydrogen (secondary N) is 1. The van der Waals surface area contributed by atoms with Crippen molar-refractivity contribution in [1.82, 2.24) is 4.90 Å². The van der Waals surface area contributed by atoms with Gasteiger partial charge in [-0.15, -0.1) is 0 Å². The lowest BCUT2D eigenvalue weighted by molar-refractivity contribution is -0.117. The molecule has 0 aliphatic heterocycles. The summed E-state index contributed by atoms with van der Waals surface area (Å²) in [6, 6.07) is 14.1. The summed E-state index contributed by atoms with van der Waals surface area (Å²) in [6.45, 7) is 5.16. The molecule has 0 aliphatic rings. The lowest BCUT2D eigenvalue weighted by atomic mass is 10.1. The quantitative estimate of drug-likeness (QED) is 0.857. The zero-order valence-corrected chi connectivity index (χ0v) is 14.7. The van der Waals surface area contributed by atoms with Crippen molar-refractivity contribution in [3.05, 3.63) is 64.2 Å². The summed E-state index contributed by atoms with van der Waals surface area (Å²) in [5, 5.41) is 3.43. The molecule has 0 bridgehead atoms. The Bertz CT molecular complexity index is 668. The Hall–Kier alpha value is -1.84. The van der Waals surface area contributed by atoms with Gasteiger partial charge in [-0.25, -0.2) is 0 Å². The maximum absolute atomic E-state index is 12.1. The second-order valence-electron chi connectivity index (χ2n) is 5.87. The molecule has 0 saturated heterocycles. The normalized spacial score (nSPS) is 10.8. The van der Waals surface area contributed by atoms with Crippen molar-refractivity contribution in [3.8, 4) is 0 Å². The summed E-state index contributed by atoms with van der Waals surface area (Å²) in [4.78, 5) is 14.1. The first-order chi connectivity index (χ1) is 11.0. The molecule has 0 saturated carbocycles. The van der Waals surface area contributed by atoms with E-state index in [1.807, 2.05) is 37.1 Å². The van der Waals surface area contributed by atoms with Gasteiger partial charge in [0.15, 0.2) is 0 Å². The second kappa shape index (κ2) is 8.14. The number of likely N-dealkylation sites (N-methyl/N-ethyl adjacent to an activating group) is 1. The highest BCUT2D eigenvalue weighted by molar-refractivity contribution is 6.33. The number of amides is 1. The molecule has 0 atom stereocenters. The van der Waals surface area contributed by atoms with Crippen molar-refractivity contribution in [2.24, 2.45) is 0 Å². The minimum Gasteiger partial charge on any atom is -0.324 e. The first-order valence-electron chi connectivity index (χ1n) is 7.80. The molecule has 1 N–H and O–H groups in total. The number of anilines is 1. The third kappa shape index (κ3) is 5.38. The fourth-order valence-electron chi connectivity index (χ4n) is 2.40. The van der Waals surface area contributed by atoms with E-state index in [1.165, 1.54) is 11.1 Å². The van der Waals surface area contributed by atoms with E-state index in [9.17, 15) is 4.79 Å². The van der Waals surface area contributed by atoms with Crippen LogP contribution in [-0.4, -0.2) is 24.4 Å². The van der Waals surface area contributed by atoms with E-state index in [4.69, 9.17) is 11.6 Å². The third-order valence-corrected chi connectivity index (χ3v) is 4.01. The van der Waals surface area contributed by atoms with Gasteiger partial charge in [-0.1, -0.05) is 48.9 Å². The molecule has 2 rings (SSSR count). The highest BCUT2D eigenvalue weighted by atomic mass is 35.5. The molecular formula is C19H23ClN2O. The van der Waals surface area contributed by atoms with Crippen molar-refractivity contribution in [3.63, 3.8) is 0 Å². The van der Waals surface area contributed by atoms with Gasteiger partial charge in [-0.2, -0.15) is 0 Å². The van der Waals surface area contributed by atoms with Gasteiger partial charge < -0.3 is 5.32 Å². The maximum atomic E-state index is 12.1. The summed E-state index contributed by atoms with van der Waals surface area (Å²) >= 11 is 6.14. The monoisotopic (exact) mass is 330 g/mol. The molecule has 3 nitrogen and oxygen atoms in total. The van der Waals surface area contributed by atoms with Crippen molar-refractivity contribution in [1.29, 1.82) is 0 Å². The van der Waals surface area contributed by atoms with Crippen LogP contribution in [0, 0.1) is 6.92 Å². The number of nitrogens with zero attached hydrogens (tertiary/aromatic N) is 1. The molecule has 0 radical (unpaired) electrons. The molecule has 4 heteroatoms. The lowest BCUT2D eigenvalue weighted by Gasteiger charge is -2.17. The van der Waals surface area contributed by atoms with E-state index in [-0.39, 0.29) is 5.91 Å². The molecule has 0 heterocycles. The number of carbonyl (C=O) groups excluding carboxylic acids is 1. The summed E-state index contributed by atoms with van der Waals surface area (Å²) in [5.74, 6) is -0.0663. The van der Waals surface area contributed by atoms with Crippen molar-refractivity contribution in [2.75, 3.05) is 18.9 Å². The van der Waals surface area contributed by atoms with Gasteiger partial charge in [0, 0.05) is 6.54 Å². The fourth-order valence-corrected chi connectivity index (χ4v) is 2.69. The molecular weight excluding hydrogens is 308 g/mol. The summed E-state index contributed by atoms with van der Waals surface area (Å²) in [5.41, 5.74) is 4.25. The largest absolute Gasteiger partial charge is 0.324 e. The zero-order chi connectivity index (χ0) is 16.8. The van der Waals surface area contributed by atoms with Crippen molar-refractivity contribution in [2.45, 2.75) is 26.8 Å². The van der Waals surface area contributed by atoms with Crippen LogP contribution in [-0.2, 0) is 17.8 Å². The SMILES string of the molecule is CCc1ccc(CN(C)CC(=O)Nc2ccc(C)cc2Cl)cc1. The number of hydrogen-bond acceptors (Lipinski definition) is 2. The van der Waals surface area contributed by atoms with Crippen LogP contribution in [0.3, 0.4) is 0 Å². The van der Waals surface area contributed by atoms with Crippen LogP contribution in [0.5, 0.6) is 0 Å². The van der Waals surface area contributed by atoms with Gasteiger partial charge >= 0.3 is 0 Å². The van der Waals surface area contributed by atoms with Crippen molar-refractivity contribution >= 4 is 23.2 Å². The first-order valence-corrected chi connectivity index (χ1v) is 8.18. The van der Waals surface area contributed by atoms with Gasteiger partial charge in [-0.3, -0.25) is 9.69 Å². The van der Waals surface area contributed by atoms with Crippen LogP contribution in [0.1, 0.15) is 23.6 Å². The Morgan fingerprint density at radius 1 is 1.13 bits per heavy atom. The molecule has 23 heavy (non-hydrogen) atoms. The molecule has 0 fully saturated rings. The lowest BCUT2D eigenvalue weighted by Crippen LogP contribution is -2.29. The fraction of sp³-hybridized carbons (Fsp3) is 0.316. The molecule has 0 aromatic heterocycles. The summed E-state index contributed by atoms with van der Waals surface area (Å²) in [7, 11) is 1.93. The van der Waals surface area contributed by atoms with Crippen molar-refractivity contribution < 1.29 is 4.79 Å². The topological polar surface area (TPSA) is 32.3 Å². The first kappa shape index (κ1) is 17.5. The van der Waals surface area contributed by atoms with Crippen LogP contribution in [0.2, 0.25) is 5.02 Å². The molecule has 0 unspecified atom stereocenters. The number of carbonyl (C=O) groups is 1. The van der Waals surface area contributed by atoms with Crippen LogP contribution in [0.25, 0.3) is 0 Å². The predicted octanol–water partition coefficient (Wildman–Crippen LogP) is 4.28. The smallest absolute Gasteiger partial charge is 0.238 e. The maximum Gasteiger partial charge on any atom is 0.238 e. The summed E-state index contributed by atoms with van der Waals surface area (Å²) < 4.78 is 0. The van der Waals surface area contributed by atoms with Gasteiger partial charge in [0.1, 0.15) is 0 Å². The van der Waals surface area contributed by atoms with E-state index in [1.54, 1.807) is 0 Å². The Balaban J connectivity index is 1.88. The third-order valence-electron chi connectivity index (χ3n) is 3.70. The van der Waals surface area contributed by atoms with Gasteiger partial charge in [0.2, 0.25) is 5.91 Å².